The first-order valence-electron chi connectivity index (χ1n) is 11.9. The van der Waals surface area contributed by atoms with Crippen LogP contribution < -0.4 is 10.1 Å². The van der Waals surface area contributed by atoms with E-state index >= 15 is 0 Å². The van der Waals surface area contributed by atoms with Gasteiger partial charge in [-0.05, 0) is 49.3 Å². The van der Waals surface area contributed by atoms with Crippen molar-refractivity contribution in [2.45, 2.75) is 44.2 Å². The lowest BCUT2D eigenvalue weighted by Gasteiger charge is -2.28. The predicted octanol–water partition coefficient (Wildman–Crippen LogP) is 2.96. The van der Waals surface area contributed by atoms with E-state index in [2.05, 4.69) is 16.4 Å². The average molecular weight is 461 g/mol. The van der Waals surface area contributed by atoms with E-state index in [4.69, 9.17) is 4.74 Å². The zero-order chi connectivity index (χ0) is 23.8. The summed E-state index contributed by atoms with van der Waals surface area (Å²) < 4.78 is 5.42. The molecule has 176 valence electrons. The number of allylic oxidation sites excluding steroid dienone is 2. The maximum atomic E-state index is 13.6. The molecule has 2 heterocycles. The fraction of sp³-hybridized carbons (Fsp3) is 0.462. The number of hydrogen-bond donors (Lipinski definition) is 2. The number of ether oxygens (including phenoxy) is 1. The van der Waals surface area contributed by atoms with Crippen molar-refractivity contribution in [3.8, 4) is 11.8 Å². The van der Waals surface area contributed by atoms with Crippen molar-refractivity contribution in [1.29, 1.82) is 5.26 Å². The van der Waals surface area contributed by atoms with E-state index in [0.717, 1.165) is 30.2 Å². The number of nitriles is 1. The van der Waals surface area contributed by atoms with Crippen molar-refractivity contribution >= 4 is 28.5 Å². The summed E-state index contributed by atoms with van der Waals surface area (Å²) >= 11 is 0. The molecule has 2 amide bonds. The van der Waals surface area contributed by atoms with Gasteiger partial charge in [0.1, 0.15) is 29.3 Å². The number of amides is 2. The number of likely N-dealkylation sites (tertiary alicyclic amines) is 1. The molecule has 2 N–H and O–H groups in total. The molecule has 8 heteroatoms. The molecule has 5 atom stereocenters. The summed E-state index contributed by atoms with van der Waals surface area (Å²) in [5.74, 6) is 0.221. The minimum Gasteiger partial charge on any atom is -0.496 e. The molecule has 1 unspecified atom stereocenters. The largest absolute Gasteiger partial charge is 0.496 e. The van der Waals surface area contributed by atoms with Crippen molar-refractivity contribution in [3.63, 3.8) is 0 Å². The Kier molecular flexibility index (Phi) is 5.86. The number of fused-ring (bicyclic) bond motifs is 2. The third-order valence-electron chi connectivity index (χ3n) is 7.56. The standard InChI is InChI=1S/C26H28N4O4/c1-34-23-10-4-8-20-19(23)12-21(29-20)26(33)30-14-16-6-2-7-18(16)24(30)25(32)28-17(13-27)11-15-5-3-9-22(15)31/h3-5,8,10,12,15-18,24,29H,2,6-7,9,11,14H2,1H3,(H,28,32)/t15?,16-,17-,18-,24-/m0/s1. The van der Waals surface area contributed by atoms with Crippen molar-refractivity contribution in [1.82, 2.24) is 15.2 Å². The third kappa shape index (κ3) is 3.85. The van der Waals surface area contributed by atoms with Crippen molar-refractivity contribution in [2.75, 3.05) is 13.7 Å². The summed E-state index contributed by atoms with van der Waals surface area (Å²) in [6, 6.07) is 8.08. The van der Waals surface area contributed by atoms with Crippen LogP contribution in [0.3, 0.4) is 0 Å². The van der Waals surface area contributed by atoms with Crippen LogP contribution in [0.1, 0.15) is 42.6 Å². The molecule has 1 aromatic carbocycles. The van der Waals surface area contributed by atoms with Crippen LogP contribution in [0.2, 0.25) is 0 Å². The maximum Gasteiger partial charge on any atom is 0.271 e. The SMILES string of the molecule is COc1cccc2[nH]c(C(=O)N3C[C@@H]4CCC[C@@H]4[C@H]3C(=O)N[C@H](C#N)CC3C=CCC3=O)cc12. The first-order chi connectivity index (χ1) is 16.5. The van der Waals surface area contributed by atoms with E-state index in [1.165, 1.54) is 0 Å². The maximum absolute atomic E-state index is 13.6. The quantitative estimate of drug-likeness (QED) is 0.643. The molecule has 0 bridgehead atoms. The van der Waals surface area contributed by atoms with E-state index in [0.29, 0.717) is 24.4 Å². The van der Waals surface area contributed by atoms with Gasteiger partial charge in [0, 0.05) is 29.8 Å². The van der Waals surface area contributed by atoms with E-state index < -0.39 is 12.1 Å². The van der Waals surface area contributed by atoms with Gasteiger partial charge in [0.15, 0.2) is 0 Å². The second-order valence-corrected chi connectivity index (χ2v) is 9.49. The van der Waals surface area contributed by atoms with E-state index in [9.17, 15) is 19.6 Å². The number of nitrogens with one attached hydrogen (secondary N) is 2. The molecular formula is C26H28N4O4. The fourth-order valence-corrected chi connectivity index (χ4v) is 5.90. The summed E-state index contributed by atoms with van der Waals surface area (Å²) in [7, 11) is 1.59. The van der Waals surface area contributed by atoms with Crippen molar-refractivity contribution in [2.24, 2.45) is 17.8 Å². The first-order valence-corrected chi connectivity index (χ1v) is 11.9. The molecule has 8 nitrogen and oxygen atoms in total. The van der Waals surface area contributed by atoms with Crippen LogP contribution >= 0.6 is 0 Å². The Balaban J connectivity index is 1.38. The molecule has 1 saturated heterocycles. The molecule has 3 aliphatic rings. The summed E-state index contributed by atoms with van der Waals surface area (Å²) in [5, 5.41) is 13.3. The normalized spacial score (nSPS) is 26.5. The highest BCUT2D eigenvalue weighted by Crippen LogP contribution is 2.43. The number of carbonyl (C=O) groups is 3. The van der Waals surface area contributed by atoms with Crippen LogP contribution in [0.4, 0.5) is 0 Å². The van der Waals surface area contributed by atoms with Gasteiger partial charge < -0.3 is 19.9 Å². The number of benzene rings is 1. The molecule has 0 spiro atoms. The Morgan fingerprint density at radius 2 is 2.21 bits per heavy atom. The van der Waals surface area contributed by atoms with Gasteiger partial charge in [0.25, 0.3) is 5.91 Å². The van der Waals surface area contributed by atoms with Crippen LogP contribution in [0.5, 0.6) is 5.75 Å². The van der Waals surface area contributed by atoms with E-state index in [1.807, 2.05) is 18.2 Å². The van der Waals surface area contributed by atoms with E-state index in [1.54, 1.807) is 30.2 Å². The Labute approximate surface area is 197 Å². The number of aromatic amines is 1. The van der Waals surface area contributed by atoms with Crippen LogP contribution in [0.15, 0.2) is 36.4 Å². The second kappa shape index (κ2) is 8.98. The number of aromatic nitrogens is 1. The number of methoxy groups -OCH3 is 1. The highest BCUT2D eigenvalue weighted by Gasteiger charge is 2.50. The molecule has 5 rings (SSSR count). The van der Waals surface area contributed by atoms with Gasteiger partial charge in [-0.25, -0.2) is 0 Å². The van der Waals surface area contributed by atoms with Crippen LogP contribution in [-0.4, -0.2) is 53.2 Å². The van der Waals surface area contributed by atoms with Crippen molar-refractivity contribution in [3.05, 3.63) is 42.1 Å². The number of rotatable bonds is 6. The summed E-state index contributed by atoms with van der Waals surface area (Å²) in [5.41, 5.74) is 1.21. The lowest BCUT2D eigenvalue weighted by molar-refractivity contribution is -0.127. The monoisotopic (exact) mass is 460 g/mol. The molecule has 2 aliphatic carbocycles. The molecule has 1 aliphatic heterocycles. The molecular weight excluding hydrogens is 432 g/mol. The third-order valence-corrected chi connectivity index (χ3v) is 7.56. The lowest BCUT2D eigenvalue weighted by atomic mass is 9.92. The minimum absolute atomic E-state index is 0.0669. The molecule has 1 aromatic heterocycles. The minimum atomic E-state index is -0.779. The van der Waals surface area contributed by atoms with Crippen molar-refractivity contribution < 1.29 is 19.1 Å². The Hall–Kier alpha value is -3.60. The number of hydrogen-bond acceptors (Lipinski definition) is 5. The van der Waals surface area contributed by atoms with Gasteiger partial charge in [0.05, 0.1) is 13.2 Å². The number of Topliss-reactive ketones (excluding diaryl/α,β-unsaturated/α-hetero) is 1. The van der Waals surface area contributed by atoms with Gasteiger partial charge in [-0.1, -0.05) is 24.6 Å². The summed E-state index contributed by atoms with van der Waals surface area (Å²) in [6.07, 6.45) is 7.15. The fourth-order valence-electron chi connectivity index (χ4n) is 5.90. The van der Waals surface area contributed by atoms with Crippen LogP contribution in [0.25, 0.3) is 10.9 Å². The molecule has 0 radical (unpaired) electrons. The van der Waals surface area contributed by atoms with Gasteiger partial charge in [-0.3, -0.25) is 14.4 Å². The van der Waals surface area contributed by atoms with Gasteiger partial charge in [-0.15, -0.1) is 0 Å². The number of ketones is 1. The summed E-state index contributed by atoms with van der Waals surface area (Å²) in [6.45, 7) is 0.523. The number of H-pyrrole nitrogens is 1. The lowest BCUT2D eigenvalue weighted by Crippen LogP contribution is -2.51. The average Bonchev–Trinajstić information content (AvgIpc) is 3.61. The first kappa shape index (κ1) is 22.2. The predicted molar refractivity (Wildman–Crippen MR) is 125 cm³/mol. The van der Waals surface area contributed by atoms with Gasteiger partial charge in [0.2, 0.25) is 5.91 Å². The summed E-state index contributed by atoms with van der Waals surface area (Å²) in [4.78, 5) is 43.9. The Morgan fingerprint density at radius 1 is 1.35 bits per heavy atom. The van der Waals surface area contributed by atoms with Gasteiger partial charge in [-0.2, -0.15) is 5.26 Å². The van der Waals surface area contributed by atoms with Crippen LogP contribution in [-0.2, 0) is 9.59 Å². The highest BCUT2D eigenvalue weighted by molar-refractivity contribution is 6.02. The zero-order valence-corrected chi connectivity index (χ0v) is 19.1. The van der Waals surface area contributed by atoms with Crippen LogP contribution in [0, 0.1) is 29.1 Å². The zero-order valence-electron chi connectivity index (χ0n) is 19.1. The molecule has 2 fully saturated rings. The topological polar surface area (TPSA) is 115 Å². The second-order valence-electron chi connectivity index (χ2n) is 9.49. The molecule has 2 aromatic rings. The highest BCUT2D eigenvalue weighted by atomic mass is 16.5. The molecule has 1 saturated carbocycles. The Bertz CT molecular complexity index is 1210. The smallest absolute Gasteiger partial charge is 0.271 e. The van der Waals surface area contributed by atoms with E-state index in [-0.39, 0.29) is 41.8 Å². The Morgan fingerprint density at radius 3 is 2.94 bits per heavy atom. The number of carbonyl (C=O) groups excluding carboxylic acids is 3. The molecule has 34 heavy (non-hydrogen) atoms. The van der Waals surface area contributed by atoms with Gasteiger partial charge >= 0.3 is 0 Å². The number of nitrogens with zero attached hydrogens (tertiary/aromatic N) is 2.